The quantitative estimate of drug-likeness (QED) is 0.866. The van der Waals surface area contributed by atoms with Crippen LogP contribution < -0.4 is 5.32 Å². The number of fused-ring (bicyclic) bond motifs is 1. The monoisotopic (exact) mass is 318 g/mol. The summed E-state index contributed by atoms with van der Waals surface area (Å²) in [6, 6.07) is 1.71. The molecule has 0 aromatic carbocycles. The Kier molecular flexibility index (Phi) is 4.40. The van der Waals surface area contributed by atoms with Crippen LogP contribution in [0.5, 0.6) is 0 Å². The number of hydrogen-bond acceptors (Lipinski definition) is 5. The SMILES string of the molecule is CCC(C)(NC(=O)c1cc(C)nc2c1c(C)nn2C)C(=O)OC. The normalized spacial score (nSPS) is 13.7. The average Bonchev–Trinajstić information content (AvgIpc) is 2.79. The van der Waals surface area contributed by atoms with E-state index in [9.17, 15) is 9.59 Å². The number of nitrogens with one attached hydrogen (secondary N) is 1. The number of carbonyl (C=O) groups is 2. The van der Waals surface area contributed by atoms with Crippen molar-refractivity contribution >= 4 is 22.9 Å². The van der Waals surface area contributed by atoms with Crippen molar-refractivity contribution < 1.29 is 14.3 Å². The maximum Gasteiger partial charge on any atom is 0.331 e. The molecule has 1 atom stereocenters. The first kappa shape index (κ1) is 16.9. The van der Waals surface area contributed by atoms with Gasteiger partial charge in [-0.1, -0.05) is 6.92 Å². The summed E-state index contributed by atoms with van der Waals surface area (Å²) in [7, 11) is 3.09. The highest BCUT2D eigenvalue weighted by Crippen LogP contribution is 2.23. The molecule has 124 valence electrons. The zero-order valence-corrected chi connectivity index (χ0v) is 14.4. The lowest BCUT2D eigenvalue weighted by Gasteiger charge is -2.26. The molecule has 1 unspecified atom stereocenters. The third kappa shape index (κ3) is 2.91. The summed E-state index contributed by atoms with van der Waals surface area (Å²) in [6.07, 6.45) is 0.421. The maximum absolute atomic E-state index is 12.8. The molecule has 0 aliphatic carbocycles. The van der Waals surface area contributed by atoms with Gasteiger partial charge in [-0.15, -0.1) is 0 Å². The van der Waals surface area contributed by atoms with E-state index in [2.05, 4.69) is 15.4 Å². The molecule has 1 N–H and O–H groups in total. The molecule has 7 nitrogen and oxygen atoms in total. The molecule has 2 rings (SSSR count). The van der Waals surface area contributed by atoms with Crippen LogP contribution in [0.15, 0.2) is 6.07 Å². The summed E-state index contributed by atoms with van der Waals surface area (Å²) < 4.78 is 6.45. The summed E-state index contributed by atoms with van der Waals surface area (Å²) in [5, 5.41) is 7.81. The van der Waals surface area contributed by atoms with E-state index in [0.29, 0.717) is 28.7 Å². The summed E-state index contributed by atoms with van der Waals surface area (Å²) >= 11 is 0. The van der Waals surface area contributed by atoms with Gasteiger partial charge in [-0.3, -0.25) is 9.48 Å². The van der Waals surface area contributed by atoms with Crippen molar-refractivity contribution in [2.45, 2.75) is 39.7 Å². The molecule has 0 bridgehead atoms. The van der Waals surface area contributed by atoms with Crippen LogP contribution in [0.1, 0.15) is 42.0 Å². The number of ether oxygens (including phenoxy) is 1. The van der Waals surface area contributed by atoms with Crippen molar-refractivity contribution in [3.05, 3.63) is 23.0 Å². The van der Waals surface area contributed by atoms with Crippen LogP contribution in [0, 0.1) is 13.8 Å². The van der Waals surface area contributed by atoms with Gasteiger partial charge in [-0.2, -0.15) is 5.10 Å². The highest BCUT2D eigenvalue weighted by atomic mass is 16.5. The van der Waals surface area contributed by atoms with Gasteiger partial charge in [-0.25, -0.2) is 9.78 Å². The number of esters is 1. The Bertz CT molecular complexity index is 781. The van der Waals surface area contributed by atoms with E-state index in [1.807, 2.05) is 20.8 Å². The number of aromatic nitrogens is 3. The van der Waals surface area contributed by atoms with E-state index < -0.39 is 11.5 Å². The van der Waals surface area contributed by atoms with Crippen LogP contribution in [0.3, 0.4) is 0 Å². The maximum atomic E-state index is 12.8. The van der Waals surface area contributed by atoms with Crippen molar-refractivity contribution in [1.82, 2.24) is 20.1 Å². The van der Waals surface area contributed by atoms with Crippen molar-refractivity contribution in [2.24, 2.45) is 7.05 Å². The van der Waals surface area contributed by atoms with E-state index in [0.717, 1.165) is 5.69 Å². The van der Waals surface area contributed by atoms with E-state index in [1.54, 1.807) is 24.7 Å². The van der Waals surface area contributed by atoms with E-state index >= 15 is 0 Å². The highest BCUT2D eigenvalue weighted by Gasteiger charge is 2.35. The Hall–Kier alpha value is -2.44. The lowest BCUT2D eigenvalue weighted by molar-refractivity contribution is -0.147. The molecule has 0 aliphatic rings. The second-order valence-corrected chi connectivity index (χ2v) is 5.85. The van der Waals surface area contributed by atoms with E-state index in [-0.39, 0.29) is 5.91 Å². The van der Waals surface area contributed by atoms with Crippen molar-refractivity contribution in [1.29, 1.82) is 0 Å². The second-order valence-electron chi connectivity index (χ2n) is 5.85. The van der Waals surface area contributed by atoms with Gasteiger partial charge in [0.2, 0.25) is 0 Å². The first-order valence-corrected chi connectivity index (χ1v) is 7.45. The fourth-order valence-corrected chi connectivity index (χ4v) is 2.58. The largest absolute Gasteiger partial charge is 0.467 e. The first-order valence-electron chi connectivity index (χ1n) is 7.45. The highest BCUT2D eigenvalue weighted by molar-refractivity contribution is 6.08. The fourth-order valence-electron chi connectivity index (χ4n) is 2.58. The third-order valence-electron chi connectivity index (χ3n) is 4.07. The first-order chi connectivity index (χ1) is 10.7. The summed E-state index contributed by atoms with van der Waals surface area (Å²) in [6.45, 7) is 7.12. The molecule has 0 saturated heterocycles. The van der Waals surface area contributed by atoms with Gasteiger partial charge in [0.15, 0.2) is 5.65 Å². The number of amides is 1. The molecule has 1 amide bonds. The van der Waals surface area contributed by atoms with Gasteiger partial charge in [0.25, 0.3) is 5.91 Å². The molecular weight excluding hydrogens is 296 g/mol. The Labute approximate surface area is 135 Å². The van der Waals surface area contributed by atoms with Crippen LogP contribution in [0.25, 0.3) is 11.0 Å². The van der Waals surface area contributed by atoms with Gasteiger partial charge in [0.05, 0.1) is 23.8 Å². The van der Waals surface area contributed by atoms with Gasteiger partial charge >= 0.3 is 5.97 Å². The molecule has 2 aromatic heterocycles. The number of nitrogens with zero attached hydrogens (tertiary/aromatic N) is 3. The Morgan fingerprint density at radius 3 is 2.61 bits per heavy atom. The average molecular weight is 318 g/mol. The number of methoxy groups -OCH3 is 1. The van der Waals surface area contributed by atoms with Crippen LogP contribution in [-0.2, 0) is 16.6 Å². The number of aryl methyl sites for hydroxylation is 3. The van der Waals surface area contributed by atoms with Gasteiger partial charge in [0, 0.05) is 12.7 Å². The molecule has 23 heavy (non-hydrogen) atoms. The van der Waals surface area contributed by atoms with E-state index in [4.69, 9.17) is 4.74 Å². The Morgan fingerprint density at radius 2 is 2.04 bits per heavy atom. The standard InChI is InChI=1S/C16H22N4O3/c1-7-16(4,15(22)23-6)18-14(21)11-8-9(2)17-13-12(11)10(3)19-20(13)5/h8H,7H2,1-6H3,(H,18,21). The summed E-state index contributed by atoms with van der Waals surface area (Å²) in [4.78, 5) is 29.2. The van der Waals surface area contributed by atoms with E-state index in [1.165, 1.54) is 7.11 Å². The van der Waals surface area contributed by atoms with Crippen molar-refractivity contribution in [2.75, 3.05) is 7.11 Å². The van der Waals surface area contributed by atoms with Crippen LogP contribution in [0.2, 0.25) is 0 Å². The predicted octanol–water partition coefficient (Wildman–Crippen LogP) is 1.66. The zero-order valence-electron chi connectivity index (χ0n) is 14.4. The van der Waals surface area contributed by atoms with Crippen LogP contribution >= 0.6 is 0 Å². The van der Waals surface area contributed by atoms with Crippen LogP contribution in [-0.4, -0.2) is 39.3 Å². The van der Waals surface area contributed by atoms with Gasteiger partial charge in [0.1, 0.15) is 5.54 Å². The molecule has 0 radical (unpaired) electrons. The summed E-state index contributed by atoms with van der Waals surface area (Å²) in [5.74, 6) is -0.815. The lowest BCUT2D eigenvalue weighted by Crippen LogP contribution is -2.52. The fraction of sp³-hybridized carbons (Fsp3) is 0.500. The van der Waals surface area contributed by atoms with Crippen molar-refractivity contribution in [3.63, 3.8) is 0 Å². The minimum atomic E-state index is -1.08. The molecule has 0 aliphatic heterocycles. The number of carbonyl (C=O) groups excluding carboxylic acids is 2. The Balaban J connectivity index is 2.52. The lowest BCUT2D eigenvalue weighted by atomic mass is 9.98. The molecule has 2 heterocycles. The smallest absolute Gasteiger partial charge is 0.331 e. The third-order valence-corrected chi connectivity index (χ3v) is 4.07. The molecule has 0 fully saturated rings. The van der Waals surface area contributed by atoms with Gasteiger partial charge in [-0.05, 0) is 33.3 Å². The second kappa shape index (κ2) is 5.98. The Morgan fingerprint density at radius 1 is 1.39 bits per heavy atom. The molecule has 2 aromatic rings. The molecule has 0 spiro atoms. The van der Waals surface area contributed by atoms with Crippen LogP contribution in [0.4, 0.5) is 0 Å². The summed E-state index contributed by atoms with van der Waals surface area (Å²) in [5.41, 5.74) is 1.45. The minimum absolute atomic E-state index is 0.341. The molecular formula is C16H22N4O3. The number of hydrogen-bond donors (Lipinski definition) is 1. The molecule has 7 heteroatoms. The zero-order chi connectivity index (χ0) is 17.4. The predicted molar refractivity (Wildman–Crippen MR) is 86.2 cm³/mol. The van der Waals surface area contributed by atoms with Crippen molar-refractivity contribution in [3.8, 4) is 0 Å². The molecule has 0 saturated carbocycles. The minimum Gasteiger partial charge on any atom is -0.467 e. The number of rotatable bonds is 4. The van der Waals surface area contributed by atoms with Gasteiger partial charge < -0.3 is 10.1 Å². The number of pyridine rings is 1. The topological polar surface area (TPSA) is 86.1 Å².